The molecule has 0 amide bonds. The van der Waals surface area contributed by atoms with Crippen LogP contribution in [0.5, 0.6) is 11.5 Å². The van der Waals surface area contributed by atoms with Gasteiger partial charge in [-0.1, -0.05) is 6.07 Å². The Morgan fingerprint density at radius 2 is 1.81 bits per heavy atom. The minimum atomic E-state index is -4.61. The molecule has 132 valence electrons. The average molecular weight is 360 g/mol. The third kappa shape index (κ3) is 3.23. The quantitative estimate of drug-likeness (QED) is 0.761. The number of anilines is 2. The van der Waals surface area contributed by atoms with E-state index in [1.54, 1.807) is 36.4 Å². The zero-order valence-electron chi connectivity index (χ0n) is 13.1. The number of ether oxygens (including phenoxy) is 2. The Morgan fingerprint density at radius 3 is 2.58 bits per heavy atom. The summed E-state index contributed by atoms with van der Waals surface area (Å²) in [7, 11) is 0. The number of nitrogens with one attached hydrogen (secondary N) is 1. The average Bonchev–Trinajstić information content (AvgIpc) is 3.09. The molecule has 9 heteroatoms. The van der Waals surface area contributed by atoms with Crippen molar-refractivity contribution < 1.29 is 22.6 Å². The highest BCUT2D eigenvalue weighted by molar-refractivity contribution is 5.63. The minimum absolute atomic E-state index is 0.00755. The fourth-order valence-corrected chi connectivity index (χ4v) is 2.39. The Balaban J connectivity index is 1.73. The van der Waals surface area contributed by atoms with Gasteiger partial charge in [-0.05, 0) is 24.3 Å². The topological polar surface area (TPSA) is 69.2 Å². The SMILES string of the molecule is FC(F)(F)c1cc(Nc2ccc3c(c2)OCO3)nc(-c2ccccn2)n1. The van der Waals surface area contributed by atoms with Crippen molar-refractivity contribution in [2.45, 2.75) is 6.18 Å². The summed E-state index contributed by atoms with van der Waals surface area (Å²) in [6.45, 7) is 0.105. The van der Waals surface area contributed by atoms with Crippen LogP contribution in [0, 0.1) is 0 Å². The summed E-state index contributed by atoms with van der Waals surface area (Å²) < 4.78 is 50.1. The molecule has 0 fully saturated rings. The molecule has 1 aliphatic heterocycles. The monoisotopic (exact) mass is 360 g/mol. The van der Waals surface area contributed by atoms with Crippen LogP contribution in [-0.4, -0.2) is 21.7 Å². The number of benzene rings is 1. The van der Waals surface area contributed by atoms with Crippen LogP contribution in [0.25, 0.3) is 11.5 Å². The molecule has 3 aromatic rings. The lowest BCUT2D eigenvalue weighted by Crippen LogP contribution is -2.11. The third-order valence-electron chi connectivity index (χ3n) is 3.56. The van der Waals surface area contributed by atoms with Gasteiger partial charge >= 0.3 is 6.18 Å². The van der Waals surface area contributed by atoms with Crippen molar-refractivity contribution in [3.63, 3.8) is 0 Å². The maximum absolute atomic E-state index is 13.2. The normalized spacial score (nSPS) is 12.9. The molecule has 26 heavy (non-hydrogen) atoms. The van der Waals surface area contributed by atoms with Crippen LogP contribution in [-0.2, 0) is 6.18 Å². The summed E-state index contributed by atoms with van der Waals surface area (Å²) in [6.07, 6.45) is -3.15. The predicted molar refractivity (Wildman–Crippen MR) is 86.1 cm³/mol. The maximum atomic E-state index is 13.2. The Morgan fingerprint density at radius 1 is 0.962 bits per heavy atom. The molecule has 1 N–H and O–H groups in total. The van der Waals surface area contributed by atoms with E-state index in [9.17, 15) is 13.2 Å². The van der Waals surface area contributed by atoms with Gasteiger partial charge in [0.25, 0.3) is 0 Å². The van der Waals surface area contributed by atoms with Gasteiger partial charge in [0, 0.05) is 24.0 Å². The molecule has 0 spiro atoms. The molecule has 2 aromatic heterocycles. The molecule has 1 aliphatic rings. The van der Waals surface area contributed by atoms with Crippen molar-refractivity contribution in [1.82, 2.24) is 15.0 Å². The van der Waals surface area contributed by atoms with Crippen LogP contribution in [0.4, 0.5) is 24.7 Å². The Bertz CT molecular complexity index is 948. The zero-order valence-corrected chi connectivity index (χ0v) is 13.1. The number of nitrogens with zero attached hydrogens (tertiary/aromatic N) is 3. The molecule has 3 heterocycles. The van der Waals surface area contributed by atoms with E-state index in [-0.39, 0.29) is 24.1 Å². The van der Waals surface area contributed by atoms with Gasteiger partial charge in [0.15, 0.2) is 23.0 Å². The van der Waals surface area contributed by atoms with Crippen molar-refractivity contribution in [3.05, 3.63) is 54.4 Å². The summed E-state index contributed by atoms with van der Waals surface area (Å²) in [6, 6.07) is 10.6. The van der Waals surface area contributed by atoms with Gasteiger partial charge in [0.1, 0.15) is 11.5 Å². The zero-order chi connectivity index (χ0) is 18.1. The number of pyridine rings is 1. The van der Waals surface area contributed by atoms with E-state index in [4.69, 9.17) is 9.47 Å². The summed E-state index contributed by atoms with van der Waals surface area (Å²) in [5, 5.41) is 2.84. The highest BCUT2D eigenvalue weighted by Gasteiger charge is 2.34. The summed E-state index contributed by atoms with van der Waals surface area (Å²) in [5.41, 5.74) is -0.309. The minimum Gasteiger partial charge on any atom is -0.454 e. The first kappa shape index (κ1) is 16.1. The number of hydrogen-bond donors (Lipinski definition) is 1. The Labute approximate surface area is 145 Å². The molecule has 0 saturated carbocycles. The molecule has 0 saturated heterocycles. The van der Waals surface area contributed by atoms with Gasteiger partial charge in [0.05, 0.1) is 0 Å². The molecule has 0 radical (unpaired) electrons. The van der Waals surface area contributed by atoms with Crippen LogP contribution in [0.15, 0.2) is 48.7 Å². The highest BCUT2D eigenvalue weighted by Crippen LogP contribution is 2.36. The second-order valence-corrected chi connectivity index (χ2v) is 5.37. The van der Waals surface area contributed by atoms with E-state index < -0.39 is 11.9 Å². The Hall–Kier alpha value is -3.36. The van der Waals surface area contributed by atoms with Gasteiger partial charge in [-0.3, -0.25) is 4.98 Å². The van der Waals surface area contributed by atoms with Crippen molar-refractivity contribution in [2.24, 2.45) is 0 Å². The first-order valence-electron chi connectivity index (χ1n) is 7.53. The third-order valence-corrected chi connectivity index (χ3v) is 3.56. The standard InChI is InChI=1S/C17H11F3N4O2/c18-17(19,20)14-8-15(24-16(23-14)11-3-1-2-6-21-11)22-10-4-5-12-13(7-10)26-9-25-12/h1-8H,9H2,(H,22,23,24). The summed E-state index contributed by atoms with van der Waals surface area (Å²) >= 11 is 0. The van der Waals surface area contributed by atoms with Gasteiger partial charge < -0.3 is 14.8 Å². The summed E-state index contributed by atoms with van der Waals surface area (Å²) in [4.78, 5) is 11.8. The molecule has 0 bridgehead atoms. The van der Waals surface area contributed by atoms with Crippen LogP contribution in [0.3, 0.4) is 0 Å². The smallest absolute Gasteiger partial charge is 0.433 e. The number of aromatic nitrogens is 3. The lowest BCUT2D eigenvalue weighted by Gasteiger charge is -2.12. The van der Waals surface area contributed by atoms with Gasteiger partial charge in [0.2, 0.25) is 6.79 Å². The number of fused-ring (bicyclic) bond motifs is 1. The van der Waals surface area contributed by atoms with E-state index in [1.807, 2.05) is 0 Å². The molecule has 0 unspecified atom stereocenters. The lowest BCUT2D eigenvalue weighted by atomic mass is 10.2. The van der Waals surface area contributed by atoms with Crippen molar-refractivity contribution >= 4 is 11.5 Å². The second kappa shape index (κ2) is 6.17. The van der Waals surface area contributed by atoms with Gasteiger partial charge in [-0.15, -0.1) is 0 Å². The molecule has 1 aromatic carbocycles. The van der Waals surface area contributed by atoms with E-state index in [1.165, 1.54) is 6.20 Å². The van der Waals surface area contributed by atoms with Crippen LogP contribution in [0.1, 0.15) is 5.69 Å². The number of alkyl halides is 3. The first-order chi connectivity index (χ1) is 12.5. The number of hydrogen-bond acceptors (Lipinski definition) is 6. The molecular formula is C17H11F3N4O2. The van der Waals surface area contributed by atoms with Gasteiger partial charge in [-0.2, -0.15) is 13.2 Å². The molecule has 4 rings (SSSR count). The fraction of sp³-hybridized carbons (Fsp3) is 0.118. The molecule has 6 nitrogen and oxygen atoms in total. The van der Waals surface area contributed by atoms with E-state index in [0.29, 0.717) is 17.2 Å². The van der Waals surface area contributed by atoms with E-state index in [2.05, 4.69) is 20.3 Å². The molecular weight excluding hydrogens is 349 g/mol. The second-order valence-electron chi connectivity index (χ2n) is 5.37. The lowest BCUT2D eigenvalue weighted by molar-refractivity contribution is -0.141. The molecule has 0 aliphatic carbocycles. The first-order valence-corrected chi connectivity index (χ1v) is 7.53. The summed E-state index contributed by atoms with van der Waals surface area (Å²) in [5.74, 6) is 0.948. The van der Waals surface area contributed by atoms with Gasteiger partial charge in [-0.25, -0.2) is 9.97 Å². The maximum Gasteiger partial charge on any atom is 0.433 e. The largest absolute Gasteiger partial charge is 0.454 e. The molecule has 0 atom stereocenters. The van der Waals surface area contributed by atoms with E-state index in [0.717, 1.165) is 6.07 Å². The van der Waals surface area contributed by atoms with Crippen molar-refractivity contribution in [3.8, 4) is 23.0 Å². The van der Waals surface area contributed by atoms with E-state index >= 15 is 0 Å². The highest BCUT2D eigenvalue weighted by atomic mass is 19.4. The van der Waals surface area contributed by atoms with Crippen LogP contribution >= 0.6 is 0 Å². The number of rotatable bonds is 3. The predicted octanol–water partition coefficient (Wildman–Crippen LogP) is 4.03. The van der Waals surface area contributed by atoms with Crippen molar-refractivity contribution in [2.75, 3.05) is 12.1 Å². The number of halogens is 3. The van der Waals surface area contributed by atoms with Crippen molar-refractivity contribution in [1.29, 1.82) is 0 Å². The van der Waals surface area contributed by atoms with Crippen LogP contribution < -0.4 is 14.8 Å². The van der Waals surface area contributed by atoms with Crippen LogP contribution in [0.2, 0.25) is 0 Å². The fourth-order valence-electron chi connectivity index (χ4n) is 2.39. The Kier molecular flexibility index (Phi) is 3.83.